The van der Waals surface area contributed by atoms with Gasteiger partial charge in [-0.2, -0.15) is 0 Å². The second kappa shape index (κ2) is 10.6. The van der Waals surface area contributed by atoms with E-state index in [0.29, 0.717) is 51.6 Å². The molecule has 0 amide bonds. The summed E-state index contributed by atoms with van der Waals surface area (Å²) in [5.74, 6) is 1.62. The van der Waals surface area contributed by atoms with Gasteiger partial charge >= 0.3 is 0 Å². The third kappa shape index (κ3) is 4.64. The lowest BCUT2D eigenvalue weighted by atomic mass is 9.51. The maximum atomic E-state index is 6.59. The summed E-state index contributed by atoms with van der Waals surface area (Å²) in [6.45, 7) is 4.80. The van der Waals surface area contributed by atoms with Gasteiger partial charge in [0.25, 0.3) is 0 Å². The molecular weight excluding hydrogens is 394 g/mol. The highest BCUT2D eigenvalue weighted by molar-refractivity contribution is 5.46. The molecule has 4 atom stereocenters. The second-order valence-electron chi connectivity index (χ2n) is 9.18. The standard InChI is InChI=1S/C25H39NO5/c1-26-10-9-25-21(23(26)17-19-7-8-20(28-3)18-22(19)25)5-4-6-24(25)31-16-15-30-14-13-29-12-11-27-2/h7-8,18,21,23-24H,4-6,9-17H2,1-3H3/t21-,23+,24-,25-/m0/s1. The Kier molecular flexibility index (Phi) is 7.88. The molecule has 0 N–H and O–H groups in total. The van der Waals surface area contributed by atoms with Crippen LogP contribution in [0, 0.1) is 5.92 Å². The fourth-order valence-electron chi connectivity index (χ4n) is 6.26. The van der Waals surface area contributed by atoms with Crippen molar-refractivity contribution in [2.45, 2.75) is 49.7 Å². The van der Waals surface area contributed by atoms with Crippen LogP contribution in [-0.2, 0) is 30.8 Å². The Labute approximate surface area is 187 Å². The van der Waals surface area contributed by atoms with Crippen LogP contribution in [0.3, 0.4) is 0 Å². The van der Waals surface area contributed by atoms with Crippen LogP contribution in [0.15, 0.2) is 18.2 Å². The number of ether oxygens (including phenoxy) is 5. The number of piperidine rings is 1. The van der Waals surface area contributed by atoms with Gasteiger partial charge in [-0.1, -0.05) is 12.5 Å². The number of nitrogens with zero attached hydrogens (tertiary/aromatic N) is 1. The second-order valence-corrected chi connectivity index (χ2v) is 9.18. The minimum absolute atomic E-state index is 0.0980. The summed E-state index contributed by atoms with van der Waals surface area (Å²) in [5, 5.41) is 0. The quantitative estimate of drug-likeness (QED) is 0.500. The highest BCUT2D eigenvalue weighted by Crippen LogP contribution is 2.56. The predicted octanol–water partition coefficient (Wildman–Crippen LogP) is 3.06. The van der Waals surface area contributed by atoms with Gasteiger partial charge in [-0.15, -0.1) is 0 Å². The molecule has 0 radical (unpaired) electrons. The van der Waals surface area contributed by atoms with Crippen molar-refractivity contribution in [1.82, 2.24) is 4.90 Å². The molecule has 0 spiro atoms. The molecule has 0 unspecified atom stereocenters. The van der Waals surface area contributed by atoms with Crippen molar-refractivity contribution in [3.05, 3.63) is 29.3 Å². The fraction of sp³-hybridized carbons (Fsp3) is 0.760. The Morgan fingerprint density at radius 3 is 2.55 bits per heavy atom. The van der Waals surface area contributed by atoms with Gasteiger partial charge in [0.15, 0.2) is 0 Å². The van der Waals surface area contributed by atoms with Crippen LogP contribution in [-0.4, -0.2) is 84.5 Å². The lowest BCUT2D eigenvalue weighted by Crippen LogP contribution is -2.64. The third-order valence-electron chi connectivity index (χ3n) is 7.72. The number of fused-ring (bicyclic) bond motifs is 1. The molecule has 2 bridgehead atoms. The largest absolute Gasteiger partial charge is 0.497 e. The average Bonchev–Trinajstić information content (AvgIpc) is 2.80. The van der Waals surface area contributed by atoms with Gasteiger partial charge in [0.2, 0.25) is 0 Å². The molecule has 4 rings (SSSR count). The predicted molar refractivity (Wildman–Crippen MR) is 120 cm³/mol. The van der Waals surface area contributed by atoms with E-state index in [0.717, 1.165) is 31.6 Å². The van der Waals surface area contributed by atoms with Gasteiger partial charge in [0.05, 0.1) is 52.9 Å². The monoisotopic (exact) mass is 433 g/mol. The van der Waals surface area contributed by atoms with Crippen molar-refractivity contribution in [3.8, 4) is 5.75 Å². The molecule has 6 heteroatoms. The van der Waals surface area contributed by atoms with Crippen molar-refractivity contribution in [1.29, 1.82) is 0 Å². The summed E-state index contributed by atoms with van der Waals surface area (Å²) in [6.07, 6.45) is 6.21. The third-order valence-corrected chi connectivity index (χ3v) is 7.72. The normalized spacial score (nSPS) is 30.0. The topological polar surface area (TPSA) is 49.4 Å². The summed E-state index contributed by atoms with van der Waals surface area (Å²) in [6, 6.07) is 7.32. The van der Waals surface area contributed by atoms with Crippen molar-refractivity contribution in [2.75, 3.05) is 67.5 Å². The molecule has 1 aromatic carbocycles. The van der Waals surface area contributed by atoms with Gasteiger partial charge in [-0.3, -0.25) is 0 Å². The van der Waals surface area contributed by atoms with E-state index in [4.69, 9.17) is 23.7 Å². The molecule has 31 heavy (non-hydrogen) atoms. The smallest absolute Gasteiger partial charge is 0.119 e. The van der Waals surface area contributed by atoms with Gasteiger partial charge in [-0.25, -0.2) is 0 Å². The Bertz CT molecular complexity index is 713. The lowest BCUT2D eigenvalue weighted by molar-refractivity contribution is -0.115. The molecule has 2 fully saturated rings. The number of benzene rings is 1. The zero-order chi connectivity index (χ0) is 21.7. The van der Waals surface area contributed by atoms with E-state index in [-0.39, 0.29) is 11.5 Å². The minimum atomic E-state index is 0.0980. The SMILES string of the molecule is COCCOCCOCCO[C@H]1CCC[C@H]2[C@H]3Cc4ccc(OC)cc4[C@@]12CCN3C. The Balaban J connectivity index is 1.43. The number of hydrogen-bond donors (Lipinski definition) is 0. The first-order valence-corrected chi connectivity index (χ1v) is 11.8. The lowest BCUT2D eigenvalue weighted by Gasteiger charge is -2.61. The van der Waals surface area contributed by atoms with E-state index in [9.17, 15) is 0 Å². The summed E-state index contributed by atoms with van der Waals surface area (Å²) < 4.78 is 28.4. The van der Waals surface area contributed by atoms with Crippen LogP contribution in [0.1, 0.15) is 36.8 Å². The number of likely N-dealkylation sites (tertiary alicyclic amines) is 1. The zero-order valence-electron chi connectivity index (χ0n) is 19.4. The number of methoxy groups -OCH3 is 2. The Morgan fingerprint density at radius 1 is 1.00 bits per heavy atom. The Hall–Kier alpha value is -1.18. The molecule has 1 heterocycles. The molecule has 174 valence electrons. The van der Waals surface area contributed by atoms with Gasteiger partial charge < -0.3 is 28.6 Å². The number of rotatable bonds is 11. The van der Waals surface area contributed by atoms with E-state index in [1.54, 1.807) is 14.2 Å². The number of likely N-dealkylation sites (N-methyl/N-ethyl adjacent to an activating group) is 1. The van der Waals surface area contributed by atoms with E-state index in [1.165, 1.54) is 24.0 Å². The van der Waals surface area contributed by atoms with Gasteiger partial charge in [0, 0.05) is 18.6 Å². The first-order chi connectivity index (χ1) is 15.2. The van der Waals surface area contributed by atoms with E-state index in [2.05, 4.69) is 30.1 Å². The summed E-state index contributed by atoms with van der Waals surface area (Å²) in [4.78, 5) is 2.59. The van der Waals surface area contributed by atoms with E-state index in [1.807, 2.05) is 0 Å². The van der Waals surface area contributed by atoms with Crippen LogP contribution >= 0.6 is 0 Å². The molecule has 1 saturated heterocycles. The maximum Gasteiger partial charge on any atom is 0.119 e. The van der Waals surface area contributed by atoms with Crippen molar-refractivity contribution in [3.63, 3.8) is 0 Å². The molecular formula is C25H39NO5. The van der Waals surface area contributed by atoms with Gasteiger partial charge in [0.1, 0.15) is 5.75 Å². The maximum absolute atomic E-state index is 6.59. The molecule has 3 aliphatic rings. The van der Waals surface area contributed by atoms with Crippen LogP contribution in [0.25, 0.3) is 0 Å². The van der Waals surface area contributed by atoms with E-state index < -0.39 is 0 Å². The highest BCUT2D eigenvalue weighted by Gasteiger charge is 2.58. The van der Waals surface area contributed by atoms with Crippen LogP contribution in [0.2, 0.25) is 0 Å². The molecule has 1 saturated carbocycles. The molecule has 6 nitrogen and oxygen atoms in total. The van der Waals surface area contributed by atoms with Crippen LogP contribution < -0.4 is 4.74 Å². The average molecular weight is 434 g/mol. The summed E-state index contributed by atoms with van der Waals surface area (Å²) in [7, 11) is 5.75. The highest BCUT2D eigenvalue weighted by atomic mass is 16.6. The van der Waals surface area contributed by atoms with Gasteiger partial charge in [-0.05, 0) is 68.5 Å². The van der Waals surface area contributed by atoms with Crippen molar-refractivity contribution in [2.24, 2.45) is 5.92 Å². The molecule has 1 aromatic rings. The molecule has 1 aliphatic heterocycles. The summed E-state index contributed by atoms with van der Waals surface area (Å²) >= 11 is 0. The molecule has 0 aromatic heterocycles. The van der Waals surface area contributed by atoms with Crippen LogP contribution in [0.4, 0.5) is 0 Å². The molecule has 2 aliphatic carbocycles. The minimum Gasteiger partial charge on any atom is -0.497 e. The van der Waals surface area contributed by atoms with E-state index >= 15 is 0 Å². The summed E-state index contributed by atoms with van der Waals surface area (Å²) in [5.41, 5.74) is 3.06. The van der Waals surface area contributed by atoms with Crippen LogP contribution in [0.5, 0.6) is 5.75 Å². The first-order valence-electron chi connectivity index (χ1n) is 11.8. The Morgan fingerprint density at radius 2 is 1.77 bits per heavy atom. The zero-order valence-corrected chi connectivity index (χ0v) is 19.4. The van der Waals surface area contributed by atoms with Crippen molar-refractivity contribution < 1.29 is 23.7 Å². The van der Waals surface area contributed by atoms with Crippen molar-refractivity contribution >= 4 is 0 Å². The fourth-order valence-corrected chi connectivity index (χ4v) is 6.26. The number of hydrogen-bond acceptors (Lipinski definition) is 6. The first kappa shape index (κ1) is 23.0.